The second-order valence-electron chi connectivity index (χ2n) is 7.22. The first-order valence-electron chi connectivity index (χ1n) is 9.68. The molecule has 0 saturated carbocycles. The van der Waals surface area contributed by atoms with Gasteiger partial charge in [0.05, 0.1) is 28.1 Å². The summed E-state index contributed by atoms with van der Waals surface area (Å²) in [4.78, 5) is 18.8. The third-order valence-electron chi connectivity index (χ3n) is 5.22. The summed E-state index contributed by atoms with van der Waals surface area (Å²) in [5.41, 5.74) is 4.51. The molecule has 0 bridgehead atoms. The number of benzene rings is 1. The Morgan fingerprint density at radius 2 is 1.90 bits per heavy atom. The maximum atomic E-state index is 15.5. The number of hydrogen-bond donors (Lipinski definition) is 2. The summed E-state index contributed by atoms with van der Waals surface area (Å²) in [6, 6.07) is 13.7. The molecular formula is C23H15FN6S. The van der Waals surface area contributed by atoms with Gasteiger partial charge in [-0.15, -0.1) is 11.3 Å². The van der Waals surface area contributed by atoms with Crippen molar-refractivity contribution in [2.24, 2.45) is 0 Å². The van der Waals surface area contributed by atoms with Gasteiger partial charge in [-0.05, 0) is 37.3 Å². The van der Waals surface area contributed by atoms with Crippen LogP contribution < -0.4 is 0 Å². The molecule has 6 nitrogen and oxygen atoms in total. The van der Waals surface area contributed by atoms with E-state index in [-0.39, 0.29) is 5.69 Å². The van der Waals surface area contributed by atoms with Crippen molar-refractivity contribution in [1.82, 2.24) is 30.1 Å². The highest BCUT2D eigenvalue weighted by atomic mass is 32.1. The monoisotopic (exact) mass is 426 g/mol. The predicted molar refractivity (Wildman–Crippen MR) is 120 cm³/mol. The Kier molecular flexibility index (Phi) is 3.94. The number of aryl methyl sites for hydroxylation is 1. The summed E-state index contributed by atoms with van der Waals surface area (Å²) in [7, 11) is 0. The van der Waals surface area contributed by atoms with Crippen LogP contribution >= 0.6 is 11.3 Å². The molecule has 8 heteroatoms. The topological polar surface area (TPSA) is 83.1 Å². The smallest absolute Gasteiger partial charge is 0.161 e. The van der Waals surface area contributed by atoms with Crippen molar-refractivity contribution < 1.29 is 4.39 Å². The molecular weight excluding hydrogens is 411 g/mol. The maximum Gasteiger partial charge on any atom is 0.161 e. The SMILES string of the molecule is Cc1ccc(-c2cccc3[nH]c(-c4n[nH]c5cnc(-c6cccnc6)c(F)c45)nc23)s1. The third-order valence-corrected chi connectivity index (χ3v) is 6.26. The quantitative estimate of drug-likeness (QED) is 0.378. The van der Waals surface area contributed by atoms with Crippen LogP contribution in [0.15, 0.2) is 61.1 Å². The van der Waals surface area contributed by atoms with E-state index in [1.165, 1.54) is 4.88 Å². The van der Waals surface area contributed by atoms with Crippen molar-refractivity contribution in [3.8, 4) is 33.2 Å². The van der Waals surface area contributed by atoms with Crippen molar-refractivity contribution in [3.05, 3.63) is 71.7 Å². The first kappa shape index (κ1) is 17.9. The molecule has 0 aliphatic rings. The fourth-order valence-corrected chi connectivity index (χ4v) is 4.67. The summed E-state index contributed by atoms with van der Waals surface area (Å²) in [5.74, 6) is 0.0491. The van der Waals surface area contributed by atoms with E-state index >= 15 is 4.39 Å². The van der Waals surface area contributed by atoms with Gasteiger partial charge in [-0.2, -0.15) is 5.10 Å². The van der Waals surface area contributed by atoms with Crippen molar-refractivity contribution >= 4 is 33.3 Å². The van der Waals surface area contributed by atoms with E-state index in [0.717, 1.165) is 21.5 Å². The lowest BCUT2D eigenvalue weighted by atomic mass is 10.1. The van der Waals surface area contributed by atoms with Crippen LogP contribution in [0.2, 0.25) is 0 Å². The van der Waals surface area contributed by atoms with Crippen LogP contribution in [0.4, 0.5) is 4.39 Å². The minimum absolute atomic E-state index is 0.231. The Bertz CT molecular complexity index is 1560. The van der Waals surface area contributed by atoms with E-state index in [9.17, 15) is 0 Å². The van der Waals surface area contributed by atoms with Crippen LogP contribution in [0.3, 0.4) is 0 Å². The number of aromatic nitrogens is 6. The zero-order chi connectivity index (χ0) is 20.9. The minimum Gasteiger partial charge on any atom is -0.337 e. The van der Waals surface area contributed by atoms with Crippen LogP contribution in [-0.2, 0) is 0 Å². The molecule has 0 atom stereocenters. The predicted octanol–water partition coefficient (Wildman–Crippen LogP) is 5.74. The minimum atomic E-state index is -0.455. The highest BCUT2D eigenvalue weighted by Gasteiger charge is 2.21. The van der Waals surface area contributed by atoms with Crippen LogP contribution in [0.5, 0.6) is 0 Å². The Hall–Kier alpha value is -3.91. The van der Waals surface area contributed by atoms with Gasteiger partial charge in [0.25, 0.3) is 0 Å². The highest BCUT2D eigenvalue weighted by molar-refractivity contribution is 7.15. The molecule has 6 rings (SSSR count). The van der Waals surface area contributed by atoms with Crippen LogP contribution in [0, 0.1) is 12.7 Å². The molecule has 0 aliphatic carbocycles. The molecule has 5 aromatic heterocycles. The molecule has 0 unspecified atom stereocenters. The van der Waals surface area contributed by atoms with Gasteiger partial charge in [-0.3, -0.25) is 15.1 Å². The Morgan fingerprint density at radius 3 is 2.71 bits per heavy atom. The number of nitrogens with zero attached hydrogens (tertiary/aromatic N) is 4. The van der Waals surface area contributed by atoms with E-state index in [1.54, 1.807) is 42.1 Å². The Balaban J connectivity index is 1.56. The van der Waals surface area contributed by atoms with E-state index in [1.807, 2.05) is 18.2 Å². The molecule has 0 aliphatic heterocycles. The first-order chi connectivity index (χ1) is 15.2. The molecule has 150 valence electrons. The van der Waals surface area contributed by atoms with Gasteiger partial charge in [0.2, 0.25) is 0 Å². The molecule has 31 heavy (non-hydrogen) atoms. The zero-order valence-electron chi connectivity index (χ0n) is 16.3. The third kappa shape index (κ3) is 2.83. The number of imidazole rings is 1. The van der Waals surface area contributed by atoms with Crippen LogP contribution in [0.25, 0.3) is 55.2 Å². The van der Waals surface area contributed by atoms with Gasteiger partial charge in [0, 0.05) is 33.3 Å². The van der Waals surface area contributed by atoms with Crippen molar-refractivity contribution in [1.29, 1.82) is 0 Å². The van der Waals surface area contributed by atoms with Crippen LogP contribution in [0.1, 0.15) is 4.88 Å². The number of aromatic amines is 2. The molecule has 0 spiro atoms. The lowest BCUT2D eigenvalue weighted by Crippen LogP contribution is -1.92. The summed E-state index contributed by atoms with van der Waals surface area (Å²) in [6.07, 6.45) is 4.82. The second kappa shape index (κ2) is 6.82. The number of fused-ring (bicyclic) bond motifs is 2. The fraction of sp³-hybridized carbons (Fsp3) is 0.0435. The Labute approximate surface area is 179 Å². The number of nitrogens with one attached hydrogen (secondary N) is 2. The second-order valence-corrected chi connectivity index (χ2v) is 8.51. The van der Waals surface area contributed by atoms with Crippen molar-refractivity contribution in [2.45, 2.75) is 6.92 Å². The lowest BCUT2D eigenvalue weighted by Gasteiger charge is -2.03. The van der Waals surface area contributed by atoms with E-state index < -0.39 is 5.82 Å². The standard InChI is InChI=1S/C23H15FN6S/c1-12-7-8-17(31-12)14-5-2-6-15-21(14)28-23(27-15)22-18-16(29-30-22)11-26-20(19(18)24)13-4-3-9-25-10-13/h2-11H,1H3,(H,27,28)(H,29,30). The van der Waals surface area contributed by atoms with Gasteiger partial charge in [0.1, 0.15) is 11.4 Å². The highest BCUT2D eigenvalue weighted by Crippen LogP contribution is 2.36. The number of thiophene rings is 1. The summed E-state index contributed by atoms with van der Waals surface area (Å²) in [6.45, 7) is 2.08. The molecule has 1 aromatic carbocycles. The number of hydrogen-bond acceptors (Lipinski definition) is 5. The van der Waals surface area contributed by atoms with E-state index in [4.69, 9.17) is 4.98 Å². The number of rotatable bonds is 3. The lowest BCUT2D eigenvalue weighted by molar-refractivity contribution is 0.638. The fourth-order valence-electron chi connectivity index (χ4n) is 3.77. The largest absolute Gasteiger partial charge is 0.337 e. The van der Waals surface area contributed by atoms with Crippen molar-refractivity contribution in [2.75, 3.05) is 0 Å². The average molecular weight is 426 g/mol. The molecule has 0 saturated heterocycles. The number of para-hydroxylation sites is 1. The number of pyridine rings is 2. The summed E-state index contributed by atoms with van der Waals surface area (Å²) >= 11 is 1.72. The van der Waals surface area contributed by atoms with Gasteiger partial charge in [-0.25, -0.2) is 9.37 Å². The maximum absolute atomic E-state index is 15.5. The first-order valence-corrected chi connectivity index (χ1v) is 10.5. The van der Waals surface area contributed by atoms with E-state index in [0.29, 0.717) is 28.0 Å². The molecule has 6 aromatic rings. The van der Waals surface area contributed by atoms with Gasteiger partial charge in [0.15, 0.2) is 11.6 Å². The molecule has 0 fully saturated rings. The molecule has 0 amide bonds. The average Bonchev–Trinajstić information content (AvgIpc) is 3.52. The zero-order valence-corrected chi connectivity index (χ0v) is 17.2. The molecule has 2 N–H and O–H groups in total. The van der Waals surface area contributed by atoms with Crippen molar-refractivity contribution in [3.63, 3.8) is 0 Å². The summed E-state index contributed by atoms with van der Waals surface area (Å²) < 4.78 is 15.5. The summed E-state index contributed by atoms with van der Waals surface area (Å²) in [5, 5.41) is 7.57. The van der Waals surface area contributed by atoms with E-state index in [2.05, 4.69) is 44.2 Å². The number of halogens is 1. The Morgan fingerprint density at radius 1 is 0.968 bits per heavy atom. The van der Waals surface area contributed by atoms with Gasteiger partial charge < -0.3 is 4.98 Å². The number of H-pyrrole nitrogens is 2. The molecule has 5 heterocycles. The normalized spacial score (nSPS) is 11.5. The van der Waals surface area contributed by atoms with Gasteiger partial charge >= 0.3 is 0 Å². The molecule has 0 radical (unpaired) electrons. The van der Waals surface area contributed by atoms with Crippen LogP contribution in [-0.4, -0.2) is 30.1 Å². The van der Waals surface area contributed by atoms with Gasteiger partial charge in [-0.1, -0.05) is 12.1 Å².